The van der Waals surface area contributed by atoms with Crippen LogP contribution in [0.1, 0.15) is 28.1 Å². The third kappa shape index (κ3) is 2.96. The molecule has 0 amide bonds. The summed E-state index contributed by atoms with van der Waals surface area (Å²) in [5.41, 5.74) is 4.82. The zero-order valence-corrected chi connectivity index (χ0v) is 14.1. The molecule has 2 aromatic carbocycles. The Morgan fingerprint density at radius 3 is 2.74 bits per heavy atom. The minimum atomic E-state index is 0.432. The Bertz CT molecular complexity index is 823. The molecule has 0 atom stereocenters. The van der Waals surface area contributed by atoms with Gasteiger partial charge in [-0.1, -0.05) is 18.2 Å². The quantitative estimate of drug-likeness (QED) is 0.784. The normalized spacial score (nSPS) is 13.8. The first-order chi connectivity index (χ1) is 11.2. The molecule has 0 saturated heterocycles. The van der Waals surface area contributed by atoms with Gasteiger partial charge in [0.1, 0.15) is 10.8 Å². The molecular weight excluding hydrogens is 304 g/mol. The molecule has 3 nitrogen and oxygen atoms in total. The summed E-state index contributed by atoms with van der Waals surface area (Å²) in [6, 6.07) is 12.4. The van der Waals surface area contributed by atoms with Crippen molar-refractivity contribution in [2.75, 3.05) is 7.05 Å². The van der Waals surface area contributed by atoms with E-state index in [1.807, 2.05) is 12.1 Å². The second-order valence-electron chi connectivity index (χ2n) is 6.35. The summed E-state index contributed by atoms with van der Waals surface area (Å²) in [5.74, 6) is 0.432. The molecule has 118 valence electrons. The summed E-state index contributed by atoms with van der Waals surface area (Å²) in [6.07, 6.45) is 3.45. The maximum atomic E-state index is 10.3. The Kier molecular flexibility index (Phi) is 3.79. The number of benzene rings is 2. The van der Waals surface area contributed by atoms with Crippen LogP contribution in [0, 0.1) is 0 Å². The molecule has 0 radical (unpaired) electrons. The molecule has 0 bridgehead atoms. The second-order valence-corrected chi connectivity index (χ2v) is 7.47. The lowest BCUT2D eigenvalue weighted by molar-refractivity contribution is 0.312. The molecule has 1 aliphatic carbocycles. The monoisotopic (exact) mass is 324 g/mol. The van der Waals surface area contributed by atoms with Crippen LogP contribution >= 0.6 is 11.3 Å². The average Bonchev–Trinajstić information content (AvgIpc) is 3.12. The molecule has 1 aliphatic rings. The fourth-order valence-electron chi connectivity index (χ4n) is 3.35. The molecule has 23 heavy (non-hydrogen) atoms. The number of hydrogen-bond donors (Lipinski definition) is 1. The van der Waals surface area contributed by atoms with Crippen LogP contribution in [0.5, 0.6) is 5.75 Å². The van der Waals surface area contributed by atoms with Gasteiger partial charge in [-0.05, 0) is 55.6 Å². The summed E-state index contributed by atoms with van der Waals surface area (Å²) < 4.78 is 1.23. The van der Waals surface area contributed by atoms with Crippen molar-refractivity contribution in [3.05, 3.63) is 58.1 Å². The molecule has 1 N–H and O–H groups in total. The fourth-order valence-corrected chi connectivity index (χ4v) is 4.40. The van der Waals surface area contributed by atoms with Crippen LogP contribution in [-0.2, 0) is 25.9 Å². The van der Waals surface area contributed by atoms with Crippen molar-refractivity contribution < 1.29 is 5.11 Å². The Labute approximate surface area is 140 Å². The number of thiazole rings is 1. The predicted octanol–water partition coefficient (Wildman–Crippen LogP) is 4.12. The van der Waals surface area contributed by atoms with E-state index in [0.29, 0.717) is 5.75 Å². The smallest absolute Gasteiger partial charge is 0.120 e. The number of nitrogens with zero attached hydrogens (tertiary/aromatic N) is 2. The maximum absolute atomic E-state index is 10.3. The van der Waals surface area contributed by atoms with Crippen LogP contribution in [-0.4, -0.2) is 22.0 Å². The van der Waals surface area contributed by atoms with E-state index in [2.05, 4.69) is 41.2 Å². The lowest BCUT2D eigenvalue weighted by Gasteiger charge is -2.17. The molecule has 0 aliphatic heterocycles. The Balaban J connectivity index is 1.50. The highest BCUT2D eigenvalue weighted by Gasteiger charge is 2.16. The Hall–Kier alpha value is -1.91. The summed E-state index contributed by atoms with van der Waals surface area (Å²) in [5, 5.41) is 11.4. The van der Waals surface area contributed by atoms with E-state index in [0.717, 1.165) is 42.0 Å². The lowest BCUT2D eigenvalue weighted by atomic mass is 10.0. The zero-order chi connectivity index (χ0) is 15.8. The largest absolute Gasteiger partial charge is 0.508 e. The van der Waals surface area contributed by atoms with Crippen LogP contribution in [0.15, 0.2) is 36.4 Å². The van der Waals surface area contributed by atoms with Crippen LogP contribution < -0.4 is 0 Å². The van der Waals surface area contributed by atoms with Gasteiger partial charge in [-0.25, -0.2) is 4.98 Å². The minimum absolute atomic E-state index is 0.432. The summed E-state index contributed by atoms with van der Waals surface area (Å²) in [4.78, 5) is 6.91. The predicted molar refractivity (Wildman–Crippen MR) is 94.9 cm³/mol. The number of fused-ring (bicyclic) bond motifs is 2. The molecular formula is C19H20N2OS. The highest BCUT2D eigenvalue weighted by molar-refractivity contribution is 7.18. The van der Waals surface area contributed by atoms with E-state index in [4.69, 9.17) is 0 Å². The van der Waals surface area contributed by atoms with E-state index in [9.17, 15) is 5.11 Å². The van der Waals surface area contributed by atoms with Crippen molar-refractivity contribution >= 4 is 21.6 Å². The standard InChI is InChI=1S/C19H20N2OS/c1-21(12-19-20-16-7-2-3-8-18(16)23-19)11-15-9-13-5-4-6-14(13)10-17(15)22/h2-3,7-10,22H,4-6,11-12H2,1H3. The number of para-hydroxylation sites is 1. The third-order valence-electron chi connectivity index (χ3n) is 4.48. The van der Waals surface area contributed by atoms with Gasteiger partial charge in [-0.3, -0.25) is 4.90 Å². The molecule has 0 unspecified atom stereocenters. The lowest BCUT2D eigenvalue weighted by Crippen LogP contribution is -2.17. The number of phenolic OH excluding ortho intramolecular Hbond substituents is 1. The van der Waals surface area contributed by atoms with Gasteiger partial charge in [0.25, 0.3) is 0 Å². The maximum Gasteiger partial charge on any atom is 0.120 e. The second kappa shape index (κ2) is 5.95. The molecule has 3 aromatic rings. The van der Waals surface area contributed by atoms with Crippen LogP contribution in [0.25, 0.3) is 10.2 Å². The number of rotatable bonds is 4. The van der Waals surface area contributed by atoms with E-state index in [-0.39, 0.29) is 0 Å². The highest BCUT2D eigenvalue weighted by atomic mass is 32.1. The van der Waals surface area contributed by atoms with Crippen molar-refractivity contribution in [2.24, 2.45) is 0 Å². The molecule has 4 heteroatoms. The first kappa shape index (κ1) is 14.7. The molecule has 4 rings (SSSR count). The topological polar surface area (TPSA) is 36.4 Å². The van der Waals surface area contributed by atoms with Crippen LogP contribution in [0.4, 0.5) is 0 Å². The van der Waals surface area contributed by atoms with Crippen molar-refractivity contribution in [3.8, 4) is 5.75 Å². The molecule has 0 spiro atoms. The first-order valence-electron chi connectivity index (χ1n) is 8.06. The molecule has 1 aromatic heterocycles. The summed E-state index contributed by atoms with van der Waals surface area (Å²) in [6.45, 7) is 1.55. The minimum Gasteiger partial charge on any atom is -0.508 e. The number of aryl methyl sites for hydroxylation is 2. The van der Waals surface area contributed by atoms with Crippen molar-refractivity contribution in [2.45, 2.75) is 32.4 Å². The third-order valence-corrected chi connectivity index (χ3v) is 5.50. The molecule has 1 heterocycles. The highest BCUT2D eigenvalue weighted by Crippen LogP contribution is 2.30. The van der Waals surface area contributed by atoms with E-state index < -0.39 is 0 Å². The number of aromatic nitrogens is 1. The SMILES string of the molecule is CN(Cc1nc2ccccc2s1)Cc1cc2c(cc1O)CCC2. The number of phenols is 1. The number of aromatic hydroxyl groups is 1. The molecule has 0 saturated carbocycles. The molecule has 0 fully saturated rings. The van der Waals surface area contributed by atoms with Crippen molar-refractivity contribution in [1.82, 2.24) is 9.88 Å². The van der Waals surface area contributed by atoms with Gasteiger partial charge in [0, 0.05) is 12.1 Å². The van der Waals surface area contributed by atoms with Gasteiger partial charge in [0.05, 0.1) is 16.8 Å². The Morgan fingerprint density at radius 2 is 1.91 bits per heavy atom. The fraction of sp³-hybridized carbons (Fsp3) is 0.316. The summed E-state index contributed by atoms with van der Waals surface area (Å²) >= 11 is 1.75. The average molecular weight is 324 g/mol. The van der Waals surface area contributed by atoms with Gasteiger partial charge in [-0.2, -0.15) is 0 Å². The zero-order valence-electron chi connectivity index (χ0n) is 13.2. The van der Waals surface area contributed by atoms with Crippen molar-refractivity contribution in [1.29, 1.82) is 0 Å². The van der Waals surface area contributed by atoms with Gasteiger partial charge in [-0.15, -0.1) is 11.3 Å². The van der Waals surface area contributed by atoms with Crippen LogP contribution in [0.3, 0.4) is 0 Å². The summed E-state index contributed by atoms with van der Waals surface area (Å²) in [7, 11) is 2.08. The van der Waals surface area contributed by atoms with Gasteiger partial charge in [0.15, 0.2) is 0 Å². The number of hydrogen-bond acceptors (Lipinski definition) is 4. The van der Waals surface area contributed by atoms with Gasteiger partial charge >= 0.3 is 0 Å². The van der Waals surface area contributed by atoms with E-state index in [1.165, 1.54) is 22.2 Å². The first-order valence-corrected chi connectivity index (χ1v) is 8.87. The van der Waals surface area contributed by atoms with E-state index >= 15 is 0 Å². The van der Waals surface area contributed by atoms with Gasteiger partial charge < -0.3 is 5.11 Å². The van der Waals surface area contributed by atoms with Crippen molar-refractivity contribution in [3.63, 3.8) is 0 Å². The van der Waals surface area contributed by atoms with Crippen LogP contribution in [0.2, 0.25) is 0 Å². The van der Waals surface area contributed by atoms with Gasteiger partial charge in [0.2, 0.25) is 0 Å². The van der Waals surface area contributed by atoms with E-state index in [1.54, 1.807) is 11.3 Å². The Morgan fingerprint density at radius 1 is 1.13 bits per heavy atom.